The molecular formula is C15H21N5OS. The number of carbonyl (C=O) groups is 1. The number of likely N-dealkylation sites (tertiary alicyclic amines) is 1. The summed E-state index contributed by atoms with van der Waals surface area (Å²) in [7, 11) is 0. The summed E-state index contributed by atoms with van der Waals surface area (Å²) in [4.78, 5) is 23.8. The van der Waals surface area contributed by atoms with Crippen molar-refractivity contribution in [1.29, 1.82) is 0 Å². The lowest BCUT2D eigenvalue weighted by Crippen LogP contribution is -2.44. The smallest absolute Gasteiger partial charge is 0.317 e. The van der Waals surface area contributed by atoms with Crippen molar-refractivity contribution < 1.29 is 4.79 Å². The van der Waals surface area contributed by atoms with E-state index in [0.717, 1.165) is 37.4 Å². The molecule has 0 spiro atoms. The minimum absolute atomic E-state index is 0.0114. The van der Waals surface area contributed by atoms with E-state index in [4.69, 9.17) is 0 Å². The third-order valence-electron chi connectivity index (χ3n) is 4.04. The van der Waals surface area contributed by atoms with Gasteiger partial charge in [-0.15, -0.1) is 11.3 Å². The Hall–Kier alpha value is -1.89. The van der Waals surface area contributed by atoms with E-state index in [0.29, 0.717) is 12.6 Å². The van der Waals surface area contributed by atoms with Crippen molar-refractivity contribution in [1.82, 2.24) is 24.8 Å². The number of urea groups is 1. The molecule has 3 rings (SSSR count). The van der Waals surface area contributed by atoms with Crippen molar-refractivity contribution in [2.75, 3.05) is 13.1 Å². The van der Waals surface area contributed by atoms with Gasteiger partial charge in [0.1, 0.15) is 5.01 Å². The Morgan fingerprint density at radius 1 is 1.45 bits per heavy atom. The van der Waals surface area contributed by atoms with Gasteiger partial charge in [-0.2, -0.15) is 0 Å². The van der Waals surface area contributed by atoms with Crippen LogP contribution in [0, 0.1) is 0 Å². The molecule has 118 valence electrons. The number of rotatable bonds is 4. The third kappa shape index (κ3) is 3.47. The molecule has 2 aromatic rings. The molecule has 0 radical (unpaired) electrons. The van der Waals surface area contributed by atoms with E-state index >= 15 is 0 Å². The first kappa shape index (κ1) is 15.0. The van der Waals surface area contributed by atoms with Gasteiger partial charge in [0.2, 0.25) is 0 Å². The van der Waals surface area contributed by atoms with Gasteiger partial charge in [-0.3, -0.25) is 0 Å². The summed E-state index contributed by atoms with van der Waals surface area (Å²) in [5.41, 5.74) is 0. The van der Waals surface area contributed by atoms with Gasteiger partial charge in [0.15, 0.2) is 0 Å². The Kier molecular flexibility index (Phi) is 4.72. The zero-order chi connectivity index (χ0) is 15.4. The lowest BCUT2D eigenvalue weighted by molar-refractivity contribution is 0.171. The van der Waals surface area contributed by atoms with Crippen LogP contribution >= 0.6 is 11.3 Å². The van der Waals surface area contributed by atoms with E-state index in [1.165, 1.54) is 4.88 Å². The number of nitrogens with one attached hydrogen (secondary N) is 1. The van der Waals surface area contributed by atoms with E-state index in [1.807, 2.05) is 23.6 Å². The molecule has 1 aliphatic rings. The van der Waals surface area contributed by atoms with Crippen LogP contribution in [0.5, 0.6) is 0 Å². The maximum absolute atomic E-state index is 12.2. The van der Waals surface area contributed by atoms with Crippen molar-refractivity contribution >= 4 is 17.4 Å². The average molecular weight is 319 g/mol. The van der Waals surface area contributed by atoms with Crippen LogP contribution in [0.1, 0.15) is 35.7 Å². The van der Waals surface area contributed by atoms with Gasteiger partial charge in [0.25, 0.3) is 0 Å². The van der Waals surface area contributed by atoms with Crippen LogP contribution in [0.3, 0.4) is 0 Å². The first-order valence-electron chi connectivity index (χ1n) is 7.70. The third-order valence-corrected chi connectivity index (χ3v) is 5.18. The molecule has 7 heteroatoms. The summed E-state index contributed by atoms with van der Waals surface area (Å²) in [6.07, 6.45) is 10.5. The summed E-state index contributed by atoms with van der Waals surface area (Å²) in [6.45, 7) is 4.20. The number of hydrogen-bond acceptors (Lipinski definition) is 4. The number of aryl methyl sites for hydroxylation is 1. The first-order chi connectivity index (χ1) is 10.8. The fourth-order valence-corrected chi connectivity index (χ4v) is 3.51. The first-order valence-corrected chi connectivity index (χ1v) is 8.51. The molecule has 3 heterocycles. The molecular weight excluding hydrogens is 298 g/mol. The van der Waals surface area contributed by atoms with Crippen LogP contribution < -0.4 is 5.32 Å². The van der Waals surface area contributed by atoms with Crippen LogP contribution in [-0.2, 0) is 13.0 Å². The van der Waals surface area contributed by atoms with Crippen LogP contribution in [0.2, 0.25) is 0 Å². The van der Waals surface area contributed by atoms with Crippen LogP contribution in [0.15, 0.2) is 24.9 Å². The highest BCUT2D eigenvalue weighted by Gasteiger charge is 2.23. The number of piperidine rings is 1. The normalized spacial score (nSPS) is 16.0. The predicted molar refractivity (Wildman–Crippen MR) is 85.8 cm³/mol. The van der Waals surface area contributed by atoms with Gasteiger partial charge >= 0.3 is 6.03 Å². The molecule has 1 aliphatic heterocycles. The molecule has 1 fully saturated rings. The Morgan fingerprint density at radius 2 is 2.27 bits per heavy atom. The van der Waals surface area contributed by atoms with Crippen molar-refractivity contribution in [3.05, 3.63) is 34.8 Å². The van der Waals surface area contributed by atoms with Crippen molar-refractivity contribution in [2.45, 2.75) is 38.8 Å². The molecule has 2 aromatic heterocycles. The lowest BCUT2D eigenvalue weighted by Gasteiger charge is -2.32. The number of carbonyl (C=O) groups excluding carboxylic acids is 1. The van der Waals surface area contributed by atoms with Crippen molar-refractivity contribution in [2.24, 2.45) is 0 Å². The van der Waals surface area contributed by atoms with E-state index in [9.17, 15) is 4.79 Å². The molecule has 6 nitrogen and oxygen atoms in total. The fourth-order valence-electron chi connectivity index (χ4n) is 2.71. The quantitative estimate of drug-likeness (QED) is 0.941. The lowest BCUT2D eigenvalue weighted by atomic mass is 10.1. The van der Waals surface area contributed by atoms with Crippen molar-refractivity contribution in [3.8, 4) is 0 Å². The maximum atomic E-state index is 12.2. The molecule has 0 saturated carbocycles. The summed E-state index contributed by atoms with van der Waals surface area (Å²) < 4.78 is 2.14. The molecule has 22 heavy (non-hydrogen) atoms. The number of aromatic nitrogens is 3. The Balaban J connectivity index is 1.45. The second kappa shape index (κ2) is 6.91. The van der Waals surface area contributed by atoms with E-state index in [1.54, 1.807) is 17.5 Å². The van der Waals surface area contributed by atoms with Gasteiger partial charge in [0, 0.05) is 42.6 Å². The number of imidazole rings is 1. The standard InChI is InChI=1S/C15H21N5OS/c1-2-13-9-17-14(22-13)10-18-15(21)19-6-3-12(4-7-19)20-8-5-16-11-20/h5,8-9,11-12H,2-4,6-7,10H2,1H3,(H,18,21). The van der Waals surface area contributed by atoms with Gasteiger partial charge in [-0.25, -0.2) is 14.8 Å². The highest BCUT2D eigenvalue weighted by molar-refractivity contribution is 7.11. The second-order valence-electron chi connectivity index (χ2n) is 5.46. The van der Waals surface area contributed by atoms with Crippen molar-refractivity contribution in [3.63, 3.8) is 0 Å². The van der Waals surface area contributed by atoms with Gasteiger partial charge in [0.05, 0.1) is 12.9 Å². The zero-order valence-electron chi connectivity index (χ0n) is 12.7. The molecule has 0 aliphatic carbocycles. The minimum Gasteiger partial charge on any atom is -0.334 e. The second-order valence-corrected chi connectivity index (χ2v) is 6.66. The number of amides is 2. The van der Waals surface area contributed by atoms with Gasteiger partial charge in [-0.05, 0) is 19.3 Å². The largest absolute Gasteiger partial charge is 0.334 e. The van der Waals surface area contributed by atoms with E-state index in [2.05, 4.69) is 26.8 Å². The summed E-state index contributed by atoms with van der Waals surface area (Å²) >= 11 is 1.67. The minimum atomic E-state index is 0.0114. The van der Waals surface area contributed by atoms with E-state index < -0.39 is 0 Å². The van der Waals surface area contributed by atoms with E-state index in [-0.39, 0.29) is 6.03 Å². The predicted octanol–water partition coefficient (Wildman–Crippen LogP) is 2.45. The molecule has 1 N–H and O–H groups in total. The Bertz CT molecular complexity index is 601. The molecule has 0 unspecified atom stereocenters. The monoisotopic (exact) mass is 319 g/mol. The van der Waals surface area contributed by atoms with Crippen LogP contribution in [0.4, 0.5) is 4.79 Å². The van der Waals surface area contributed by atoms with Gasteiger partial charge in [-0.1, -0.05) is 6.92 Å². The van der Waals surface area contributed by atoms with Crippen LogP contribution in [-0.4, -0.2) is 38.6 Å². The van der Waals surface area contributed by atoms with Crippen LogP contribution in [0.25, 0.3) is 0 Å². The molecule has 0 aromatic carbocycles. The SMILES string of the molecule is CCc1cnc(CNC(=O)N2CCC(n3ccnc3)CC2)s1. The number of hydrogen-bond donors (Lipinski definition) is 1. The Morgan fingerprint density at radius 3 is 2.91 bits per heavy atom. The highest BCUT2D eigenvalue weighted by atomic mass is 32.1. The topological polar surface area (TPSA) is 63.1 Å². The maximum Gasteiger partial charge on any atom is 0.317 e. The summed E-state index contributed by atoms with van der Waals surface area (Å²) in [5.74, 6) is 0. The van der Waals surface area contributed by atoms with Gasteiger partial charge < -0.3 is 14.8 Å². The average Bonchev–Trinajstić information content (AvgIpc) is 3.24. The summed E-state index contributed by atoms with van der Waals surface area (Å²) in [5, 5.41) is 3.94. The highest BCUT2D eigenvalue weighted by Crippen LogP contribution is 2.22. The molecule has 0 bridgehead atoms. The molecule has 1 saturated heterocycles. The zero-order valence-corrected chi connectivity index (χ0v) is 13.6. The number of thiazole rings is 1. The fraction of sp³-hybridized carbons (Fsp3) is 0.533. The molecule has 2 amide bonds. The number of nitrogens with zero attached hydrogens (tertiary/aromatic N) is 4. The summed E-state index contributed by atoms with van der Waals surface area (Å²) in [6, 6.07) is 0.468. The molecule has 0 atom stereocenters. The Labute approximate surface area is 134 Å².